The Bertz CT molecular complexity index is 1130. The van der Waals surface area contributed by atoms with Crippen molar-refractivity contribution in [1.82, 2.24) is 9.55 Å². The Labute approximate surface area is 171 Å². The standard InChI is InChI=1S/C21H20FN3OS2/c1-13-8-9-14-17(12-13)28-19-18(14)20(26)25(16-7-3-2-6-15(16)22)21(24-19)27-11-5-4-10-23/h2-3,6-7,13H,4-5,8-9,11-12H2,1H3/t13-/m1/s1. The smallest absolute Gasteiger partial charge is 0.267 e. The van der Waals surface area contributed by atoms with Crippen LogP contribution in [0.2, 0.25) is 0 Å². The van der Waals surface area contributed by atoms with E-state index in [9.17, 15) is 9.18 Å². The van der Waals surface area contributed by atoms with Crippen molar-refractivity contribution < 1.29 is 4.39 Å². The average Bonchev–Trinajstić information content (AvgIpc) is 3.04. The Hall–Kier alpha value is -2.17. The van der Waals surface area contributed by atoms with Crippen LogP contribution in [0.3, 0.4) is 0 Å². The first-order valence-corrected chi connectivity index (χ1v) is 11.2. The van der Waals surface area contributed by atoms with Crippen LogP contribution in [0.15, 0.2) is 34.2 Å². The minimum absolute atomic E-state index is 0.190. The molecular weight excluding hydrogens is 393 g/mol. The summed E-state index contributed by atoms with van der Waals surface area (Å²) in [6, 6.07) is 8.45. The number of benzene rings is 1. The number of rotatable bonds is 5. The number of thioether (sulfide) groups is 1. The van der Waals surface area contributed by atoms with Gasteiger partial charge in [-0.15, -0.1) is 11.3 Å². The second kappa shape index (κ2) is 8.06. The molecule has 0 saturated heterocycles. The number of fused-ring (bicyclic) bond motifs is 3. The molecule has 1 atom stereocenters. The first-order chi connectivity index (χ1) is 13.6. The van der Waals surface area contributed by atoms with Crippen molar-refractivity contribution in [2.45, 2.75) is 44.2 Å². The number of hydrogen-bond donors (Lipinski definition) is 0. The zero-order valence-electron chi connectivity index (χ0n) is 15.6. The molecule has 0 fully saturated rings. The van der Waals surface area contributed by atoms with Gasteiger partial charge >= 0.3 is 0 Å². The number of halogens is 1. The number of hydrogen-bond acceptors (Lipinski definition) is 5. The van der Waals surface area contributed by atoms with Gasteiger partial charge in [0.05, 0.1) is 17.1 Å². The summed E-state index contributed by atoms with van der Waals surface area (Å²) >= 11 is 3.01. The molecule has 1 aromatic carbocycles. The number of aromatic nitrogens is 2. The van der Waals surface area contributed by atoms with Crippen LogP contribution in [0.1, 0.15) is 36.6 Å². The van der Waals surface area contributed by atoms with Crippen molar-refractivity contribution in [3.63, 3.8) is 0 Å². The number of nitriles is 1. The van der Waals surface area contributed by atoms with E-state index >= 15 is 0 Å². The van der Waals surface area contributed by atoms with Crippen LogP contribution in [-0.2, 0) is 12.8 Å². The van der Waals surface area contributed by atoms with Gasteiger partial charge in [0.15, 0.2) is 5.16 Å². The van der Waals surface area contributed by atoms with Crippen molar-refractivity contribution >= 4 is 33.3 Å². The van der Waals surface area contributed by atoms with Crippen molar-refractivity contribution in [3.8, 4) is 11.8 Å². The fourth-order valence-corrected chi connectivity index (χ4v) is 6.00. The maximum absolute atomic E-state index is 14.6. The lowest BCUT2D eigenvalue weighted by Crippen LogP contribution is -2.23. The molecule has 0 saturated carbocycles. The summed E-state index contributed by atoms with van der Waals surface area (Å²) in [7, 11) is 0. The van der Waals surface area contributed by atoms with Crippen LogP contribution < -0.4 is 5.56 Å². The third-order valence-electron chi connectivity index (χ3n) is 5.06. The molecular formula is C21H20FN3OS2. The van der Waals surface area contributed by atoms with Gasteiger partial charge in [0.1, 0.15) is 10.6 Å². The van der Waals surface area contributed by atoms with Gasteiger partial charge in [-0.05, 0) is 49.3 Å². The summed E-state index contributed by atoms with van der Waals surface area (Å²) in [5.74, 6) is 0.818. The van der Waals surface area contributed by atoms with E-state index in [1.54, 1.807) is 29.5 Å². The minimum atomic E-state index is -0.442. The third kappa shape index (κ3) is 3.47. The third-order valence-corrected chi connectivity index (χ3v) is 7.23. The molecule has 0 amide bonds. The van der Waals surface area contributed by atoms with Crippen LogP contribution in [0.25, 0.3) is 15.9 Å². The first-order valence-electron chi connectivity index (χ1n) is 9.42. The van der Waals surface area contributed by atoms with Gasteiger partial charge in [0.25, 0.3) is 5.56 Å². The largest absolute Gasteiger partial charge is 0.268 e. The number of nitrogens with zero attached hydrogens (tertiary/aromatic N) is 3. The highest BCUT2D eigenvalue weighted by Crippen LogP contribution is 2.37. The van der Waals surface area contributed by atoms with Crippen LogP contribution >= 0.6 is 23.1 Å². The van der Waals surface area contributed by atoms with Crippen molar-refractivity contribution in [2.24, 2.45) is 5.92 Å². The van der Waals surface area contributed by atoms with Crippen molar-refractivity contribution in [2.75, 3.05) is 5.75 Å². The van der Waals surface area contributed by atoms with E-state index in [1.807, 2.05) is 0 Å². The molecule has 0 spiro atoms. The molecule has 2 heterocycles. The van der Waals surface area contributed by atoms with Gasteiger partial charge in [0.2, 0.25) is 0 Å². The molecule has 0 aliphatic heterocycles. The fraction of sp³-hybridized carbons (Fsp3) is 0.381. The lowest BCUT2D eigenvalue weighted by atomic mass is 9.89. The molecule has 0 radical (unpaired) electrons. The second-order valence-electron chi connectivity index (χ2n) is 7.13. The maximum Gasteiger partial charge on any atom is 0.267 e. The van der Waals surface area contributed by atoms with Crippen LogP contribution in [0.4, 0.5) is 4.39 Å². The van der Waals surface area contributed by atoms with Crippen molar-refractivity contribution in [3.05, 3.63) is 50.9 Å². The van der Waals surface area contributed by atoms with E-state index < -0.39 is 5.82 Å². The van der Waals surface area contributed by atoms with Gasteiger partial charge in [0, 0.05) is 17.1 Å². The number of unbranched alkanes of at least 4 members (excludes halogenated alkanes) is 1. The molecule has 0 unspecified atom stereocenters. The Kier molecular flexibility index (Phi) is 5.51. The molecule has 3 aromatic rings. The van der Waals surface area contributed by atoms with E-state index in [0.717, 1.165) is 29.7 Å². The quantitative estimate of drug-likeness (QED) is 0.331. The van der Waals surface area contributed by atoms with Gasteiger partial charge < -0.3 is 0 Å². The SMILES string of the molecule is C[C@@H]1CCc2c(sc3nc(SCCCC#N)n(-c4ccccc4F)c(=O)c23)C1. The van der Waals surface area contributed by atoms with E-state index in [1.165, 1.54) is 27.3 Å². The highest BCUT2D eigenvalue weighted by molar-refractivity contribution is 7.99. The number of aryl methyl sites for hydroxylation is 1. The van der Waals surface area contributed by atoms with E-state index in [0.29, 0.717) is 35.1 Å². The van der Waals surface area contributed by atoms with Gasteiger partial charge in [-0.1, -0.05) is 30.8 Å². The Balaban J connectivity index is 1.90. The summed E-state index contributed by atoms with van der Waals surface area (Å²) in [5, 5.41) is 9.90. The van der Waals surface area contributed by atoms with Crippen molar-refractivity contribution in [1.29, 1.82) is 5.26 Å². The molecule has 1 aliphatic rings. The van der Waals surface area contributed by atoms with Gasteiger partial charge in [-0.3, -0.25) is 9.36 Å². The predicted molar refractivity (Wildman–Crippen MR) is 112 cm³/mol. The summed E-state index contributed by atoms with van der Waals surface area (Å²) in [5.41, 5.74) is 1.14. The zero-order valence-corrected chi connectivity index (χ0v) is 17.2. The van der Waals surface area contributed by atoms with E-state index in [2.05, 4.69) is 13.0 Å². The summed E-state index contributed by atoms with van der Waals surface area (Å²) in [6.07, 6.45) is 4.05. The van der Waals surface area contributed by atoms with Crippen LogP contribution in [0, 0.1) is 23.1 Å². The zero-order chi connectivity index (χ0) is 19.7. The monoisotopic (exact) mass is 413 g/mol. The van der Waals surface area contributed by atoms with E-state index in [4.69, 9.17) is 10.2 Å². The molecule has 7 heteroatoms. The highest BCUT2D eigenvalue weighted by Gasteiger charge is 2.25. The minimum Gasteiger partial charge on any atom is -0.268 e. The fourth-order valence-electron chi connectivity index (χ4n) is 3.63. The van der Waals surface area contributed by atoms with Gasteiger partial charge in [-0.2, -0.15) is 5.26 Å². The normalized spacial score (nSPS) is 16.1. The average molecular weight is 414 g/mol. The first kappa shape index (κ1) is 19.2. The van der Waals surface area contributed by atoms with Gasteiger partial charge in [-0.25, -0.2) is 9.37 Å². The van der Waals surface area contributed by atoms with E-state index in [-0.39, 0.29) is 11.2 Å². The lowest BCUT2D eigenvalue weighted by molar-refractivity contribution is 0.509. The summed E-state index contributed by atoms with van der Waals surface area (Å²) in [6.45, 7) is 2.23. The van der Waals surface area contributed by atoms with Crippen LogP contribution in [0.5, 0.6) is 0 Å². The summed E-state index contributed by atoms with van der Waals surface area (Å²) in [4.78, 5) is 20.3. The second-order valence-corrected chi connectivity index (χ2v) is 9.27. The molecule has 1 aliphatic carbocycles. The molecule has 2 aromatic heterocycles. The lowest BCUT2D eigenvalue weighted by Gasteiger charge is -2.18. The molecule has 28 heavy (non-hydrogen) atoms. The number of para-hydroxylation sites is 1. The van der Waals surface area contributed by atoms with Crippen LogP contribution in [-0.4, -0.2) is 15.3 Å². The molecule has 0 bridgehead atoms. The molecule has 0 N–H and O–H groups in total. The number of thiophene rings is 1. The topological polar surface area (TPSA) is 58.7 Å². The Morgan fingerprint density at radius 2 is 2.25 bits per heavy atom. The molecule has 4 rings (SSSR count). The Morgan fingerprint density at radius 3 is 3.04 bits per heavy atom. The predicted octanol–water partition coefficient (Wildman–Crippen LogP) is 5.11. The molecule has 4 nitrogen and oxygen atoms in total. The molecule has 144 valence electrons. The summed E-state index contributed by atoms with van der Waals surface area (Å²) < 4.78 is 16.0. The Morgan fingerprint density at radius 1 is 1.43 bits per heavy atom. The highest BCUT2D eigenvalue weighted by atomic mass is 32.2. The maximum atomic E-state index is 14.6.